The summed E-state index contributed by atoms with van der Waals surface area (Å²) in [6.07, 6.45) is 4.91. The molecular formula is C9H14BrF2N. The summed E-state index contributed by atoms with van der Waals surface area (Å²) in [7, 11) is 0. The molecule has 0 heterocycles. The number of rotatable bonds is 3. The number of alkyl halides is 3. The first-order valence-electron chi connectivity index (χ1n) is 4.85. The van der Waals surface area contributed by atoms with E-state index >= 15 is 0 Å². The maximum atomic E-state index is 12.5. The summed E-state index contributed by atoms with van der Waals surface area (Å²) < 4.78 is 24.9. The highest BCUT2D eigenvalue weighted by Gasteiger charge is 2.40. The second-order valence-corrected chi connectivity index (χ2v) is 5.44. The Morgan fingerprint density at radius 3 is 2.54 bits per heavy atom. The van der Waals surface area contributed by atoms with Gasteiger partial charge in [0.05, 0.1) is 6.54 Å². The van der Waals surface area contributed by atoms with Crippen molar-refractivity contribution >= 4 is 15.9 Å². The van der Waals surface area contributed by atoms with Crippen LogP contribution in [0.5, 0.6) is 0 Å². The van der Waals surface area contributed by atoms with Crippen molar-refractivity contribution in [2.45, 2.75) is 36.6 Å². The van der Waals surface area contributed by atoms with Crippen LogP contribution in [0.4, 0.5) is 8.78 Å². The van der Waals surface area contributed by atoms with Crippen LogP contribution in [0.3, 0.4) is 0 Å². The van der Waals surface area contributed by atoms with Gasteiger partial charge in [0.25, 0.3) is 0 Å². The van der Waals surface area contributed by atoms with E-state index in [1.54, 1.807) is 0 Å². The zero-order valence-corrected chi connectivity index (χ0v) is 8.99. The lowest BCUT2D eigenvalue weighted by atomic mass is 9.95. The highest BCUT2D eigenvalue weighted by Crippen LogP contribution is 2.44. The SMILES string of the molecule is FC(F)(Br)CNC1CC2CCC1C2. The van der Waals surface area contributed by atoms with E-state index in [1.807, 2.05) is 0 Å². The van der Waals surface area contributed by atoms with E-state index in [2.05, 4.69) is 21.2 Å². The molecule has 0 aromatic rings. The van der Waals surface area contributed by atoms with Crippen LogP contribution in [0, 0.1) is 11.8 Å². The van der Waals surface area contributed by atoms with Gasteiger partial charge in [-0.2, -0.15) is 8.78 Å². The van der Waals surface area contributed by atoms with Crippen molar-refractivity contribution < 1.29 is 8.78 Å². The summed E-state index contributed by atoms with van der Waals surface area (Å²) in [5.74, 6) is 1.48. The largest absolute Gasteiger partial charge is 0.313 e. The molecule has 0 aromatic carbocycles. The second kappa shape index (κ2) is 3.46. The molecule has 1 N–H and O–H groups in total. The van der Waals surface area contributed by atoms with Gasteiger partial charge in [-0.1, -0.05) is 6.42 Å². The fourth-order valence-corrected chi connectivity index (χ4v) is 2.90. The van der Waals surface area contributed by atoms with Gasteiger partial charge in [0.1, 0.15) is 0 Å². The van der Waals surface area contributed by atoms with E-state index in [1.165, 1.54) is 19.3 Å². The van der Waals surface area contributed by atoms with Crippen LogP contribution < -0.4 is 5.32 Å². The Hall–Kier alpha value is 0.300. The highest BCUT2D eigenvalue weighted by atomic mass is 79.9. The Labute approximate surface area is 85.4 Å². The lowest BCUT2D eigenvalue weighted by Gasteiger charge is -2.24. The van der Waals surface area contributed by atoms with E-state index < -0.39 is 4.83 Å². The predicted octanol–water partition coefficient (Wildman–Crippen LogP) is 2.75. The second-order valence-electron chi connectivity index (χ2n) is 4.28. The number of halogens is 3. The zero-order valence-electron chi connectivity index (χ0n) is 7.40. The van der Waals surface area contributed by atoms with Crippen LogP contribution in [0.1, 0.15) is 25.7 Å². The first-order valence-corrected chi connectivity index (χ1v) is 5.64. The Balaban J connectivity index is 1.78. The van der Waals surface area contributed by atoms with Crippen molar-refractivity contribution in [2.75, 3.05) is 6.54 Å². The van der Waals surface area contributed by atoms with Gasteiger partial charge in [-0.25, -0.2) is 0 Å². The third-order valence-electron chi connectivity index (χ3n) is 3.30. The minimum Gasteiger partial charge on any atom is -0.307 e. The molecule has 0 radical (unpaired) electrons. The molecule has 2 aliphatic rings. The third-order valence-corrected chi connectivity index (χ3v) is 3.58. The number of hydrogen-bond donors (Lipinski definition) is 1. The van der Waals surface area contributed by atoms with Crippen molar-refractivity contribution in [3.63, 3.8) is 0 Å². The van der Waals surface area contributed by atoms with Crippen molar-refractivity contribution in [2.24, 2.45) is 11.8 Å². The van der Waals surface area contributed by atoms with Gasteiger partial charge in [-0.05, 0) is 47.0 Å². The molecular weight excluding hydrogens is 240 g/mol. The molecule has 2 aliphatic carbocycles. The average molecular weight is 254 g/mol. The molecule has 0 spiro atoms. The van der Waals surface area contributed by atoms with Gasteiger partial charge in [-0.15, -0.1) is 0 Å². The maximum Gasteiger partial charge on any atom is 0.313 e. The summed E-state index contributed by atoms with van der Waals surface area (Å²) in [6.45, 7) is -0.235. The van der Waals surface area contributed by atoms with Crippen molar-refractivity contribution in [1.29, 1.82) is 0 Å². The lowest BCUT2D eigenvalue weighted by molar-refractivity contribution is 0.105. The minimum atomic E-state index is -2.74. The normalized spacial score (nSPS) is 38.5. The van der Waals surface area contributed by atoms with Crippen LogP contribution in [-0.4, -0.2) is 17.4 Å². The monoisotopic (exact) mass is 253 g/mol. The van der Waals surface area contributed by atoms with Crippen molar-refractivity contribution in [3.8, 4) is 0 Å². The summed E-state index contributed by atoms with van der Waals surface area (Å²) in [4.78, 5) is -2.74. The first-order chi connectivity index (χ1) is 6.04. The topological polar surface area (TPSA) is 12.0 Å². The molecule has 0 amide bonds. The van der Waals surface area contributed by atoms with Gasteiger partial charge < -0.3 is 5.32 Å². The molecule has 1 nitrogen and oxygen atoms in total. The highest BCUT2D eigenvalue weighted by molar-refractivity contribution is 9.10. The Morgan fingerprint density at radius 2 is 2.08 bits per heavy atom. The molecule has 0 aliphatic heterocycles. The molecule has 0 saturated heterocycles. The molecule has 2 bridgehead atoms. The summed E-state index contributed by atoms with van der Waals surface area (Å²) in [5.41, 5.74) is 0. The third kappa shape index (κ3) is 2.40. The molecule has 3 atom stereocenters. The summed E-state index contributed by atoms with van der Waals surface area (Å²) in [6, 6.07) is 0.349. The number of nitrogens with one attached hydrogen (secondary N) is 1. The molecule has 0 aromatic heterocycles. The molecule has 2 rings (SSSR count). The Bertz CT molecular complexity index is 193. The number of hydrogen-bond acceptors (Lipinski definition) is 1. The van der Waals surface area contributed by atoms with E-state index in [4.69, 9.17) is 0 Å². The van der Waals surface area contributed by atoms with E-state index in [0.29, 0.717) is 12.0 Å². The molecule has 2 saturated carbocycles. The van der Waals surface area contributed by atoms with E-state index in [9.17, 15) is 8.78 Å². The summed E-state index contributed by atoms with van der Waals surface area (Å²) >= 11 is 2.34. The molecule has 4 heteroatoms. The van der Waals surface area contributed by atoms with Gasteiger partial charge >= 0.3 is 4.83 Å². The number of fused-ring (bicyclic) bond motifs is 2. The fourth-order valence-electron chi connectivity index (χ4n) is 2.74. The van der Waals surface area contributed by atoms with E-state index in [-0.39, 0.29) is 6.54 Å². The van der Waals surface area contributed by atoms with Gasteiger partial charge in [0, 0.05) is 6.04 Å². The quantitative estimate of drug-likeness (QED) is 0.763. The van der Waals surface area contributed by atoms with Crippen LogP contribution >= 0.6 is 15.9 Å². The van der Waals surface area contributed by atoms with Crippen molar-refractivity contribution in [1.82, 2.24) is 5.32 Å². The minimum absolute atomic E-state index is 0.235. The van der Waals surface area contributed by atoms with E-state index in [0.717, 1.165) is 12.3 Å². The fraction of sp³-hybridized carbons (Fsp3) is 1.00. The first kappa shape index (κ1) is 9.84. The van der Waals surface area contributed by atoms with Crippen LogP contribution in [-0.2, 0) is 0 Å². The molecule has 3 unspecified atom stereocenters. The summed E-state index contributed by atoms with van der Waals surface area (Å²) in [5, 5.41) is 2.96. The smallest absolute Gasteiger partial charge is 0.307 e. The van der Waals surface area contributed by atoms with Crippen LogP contribution in [0.15, 0.2) is 0 Å². The Kier molecular flexibility index (Phi) is 2.62. The maximum absolute atomic E-state index is 12.5. The van der Waals surface area contributed by atoms with Crippen LogP contribution in [0.2, 0.25) is 0 Å². The van der Waals surface area contributed by atoms with Gasteiger partial charge in [0.15, 0.2) is 0 Å². The van der Waals surface area contributed by atoms with Gasteiger partial charge in [0.2, 0.25) is 0 Å². The zero-order chi connectivity index (χ0) is 9.47. The predicted molar refractivity (Wildman–Crippen MR) is 51.1 cm³/mol. The van der Waals surface area contributed by atoms with Crippen molar-refractivity contribution in [3.05, 3.63) is 0 Å². The van der Waals surface area contributed by atoms with Crippen LogP contribution in [0.25, 0.3) is 0 Å². The van der Waals surface area contributed by atoms with Gasteiger partial charge in [-0.3, -0.25) is 0 Å². The standard InChI is InChI=1S/C9H14BrF2N/c10-9(11,12)5-13-8-4-6-1-2-7(8)3-6/h6-8,13H,1-5H2. The molecule has 13 heavy (non-hydrogen) atoms. The average Bonchev–Trinajstić information content (AvgIpc) is 2.58. The molecule has 2 fully saturated rings. The Morgan fingerprint density at radius 1 is 1.31 bits per heavy atom. The molecule has 76 valence electrons. The lowest BCUT2D eigenvalue weighted by Crippen LogP contribution is -2.39.